The van der Waals surface area contributed by atoms with Gasteiger partial charge in [0.25, 0.3) is 0 Å². The van der Waals surface area contributed by atoms with Crippen LogP contribution in [-0.2, 0) is 0 Å². The maximum Gasteiger partial charge on any atom is 0.137 e. The zero-order chi connectivity index (χ0) is 17.3. The Labute approximate surface area is 147 Å². The molecule has 0 aliphatic carbocycles. The minimum Gasteiger partial charge on any atom is -0.489 e. The minimum atomic E-state index is -0.143. The van der Waals surface area contributed by atoms with Crippen molar-refractivity contribution in [3.63, 3.8) is 0 Å². The van der Waals surface area contributed by atoms with Crippen LogP contribution in [0.4, 0.5) is 0 Å². The molecule has 0 aliphatic heterocycles. The van der Waals surface area contributed by atoms with Crippen molar-refractivity contribution in [1.29, 1.82) is 0 Å². The van der Waals surface area contributed by atoms with E-state index in [0.717, 1.165) is 39.6 Å². The third-order valence-electron chi connectivity index (χ3n) is 3.86. The average Bonchev–Trinajstić information content (AvgIpc) is 2.94. The molecule has 2 heterocycles. The SMILES string of the molecule is C=C(C)COc1ccc(-c2nc3cccc(C)n3c2C(C)Cl)cc1. The van der Waals surface area contributed by atoms with Crippen LogP contribution in [0.5, 0.6) is 5.75 Å². The molecule has 0 saturated carbocycles. The summed E-state index contributed by atoms with van der Waals surface area (Å²) in [6.45, 7) is 10.4. The van der Waals surface area contributed by atoms with Crippen molar-refractivity contribution in [3.8, 4) is 17.0 Å². The largest absolute Gasteiger partial charge is 0.489 e. The van der Waals surface area contributed by atoms with Gasteiger partial charge in [0.05, 0.1) is 16.8 Å². The van der Waals surface area contributed by atoms with Gasteiger partial charge >= 0.3 is 0 Å². The first-order chi connectivity index (χ1) is 11.5. The Hall–Kier alpha value is -2.26. The summed E-state index contributed by atoms with van der Waals surface area (Å²) in [5, 5.41) is -0.143. The first-order valence-corrected chi connectivity index (χ1v) is 8.40. The molecule has 1 atom stereocenters. The van der Waals surface area contributed by atoms with E-state index in [9.17, 15) is 0 Å². The van der Waals surface area contributed by atoms with Crippen LogP contribution in [0.2, 0.25) is 0 Å². The molecule has 0 fully saturated rings. The standard InChI is InChI=1S/C20H21ClN2O/c1-13(2)12-24-17-10-8-16(9-11-17)19-20(15(4)21)23-14(3)6-5-7-18(23)22-19/h5-11,15H,1,12H2,2-4H3. The number of aryl methyl sites for hydroxylation is 1. The number of imidazole rings is 1. The van der Waals surface area contributed by atoms with E-state index >= 15 is 0 Å². The molecular formula is C20H21ClN2O. The quantitative estimate of drug-likeness (QED) is 0.448. The number of nitrogens with zero attached hydrogens (tertiary/aromatic N) is 2. The monoisotopic (exact) mass is 340 g/mol. The Morgan fingerprint density at radius 2 is 1.96 bits per heavy atom. The van der Waals surface area contributed by atoms with Crippen molar-refractivity contribution in [2.75, 3.05) is 6.61 Å². The number of aromatic nitrogens is 2. The summed E-state index contributed by atoms with van der Waals surface area (Å²) in [5.74, 6) is 0.821. The number of ether oxygens (including phenoxy) is 1. The van der Waals surface area contributed by atoms with E-state index < -0.39 is 0 Å². The van der Waals surface area contributed by atoms with Crippen molar-refractivity contribution >= 4 is 17.2 Å². The van der Waals surface area contributed by atoms with Gasteiger partial charge in [-0.3, -0.25) is 4.40 Å². The molecule has 0 bridgehead atoms. The van der Waals surface area contributed by atoms with E-state index in [0.29, 0.717) is 6.61 Å². The van der Waals surface area contributed by atoms with Gasteiger partial charge in [-0.05, 0) is 62.7 Å². The number of fused-ring (bicyclic) bond motifs is 1. The second kappa shape index (κ2) is 6.70. The molecule has 2 aromatic heterocycles. The van der Waals surface area contributed by atoms with Gasteiger partial charge in [0, 0.05) is 11.3 Å². The molecular weight excluding hydrogens is 320 g/mol. The van der Waals surface area contributed by atoms with E-state index in [-0.39, 0.29) is 5.38 Å². The third-order valence-corrected chi connectivity index (χ3v) is 4.07. The second-order valence-corrected chi connectivity index (χ2v) is 6.75. The molecule has 3 nitrogen and oxygen atoms in total. The third kappa shape index (κ3) is 3.17. The highest BCUT2D eigenvalue weighted by atomic mass is 35.5. The Morgan fingerprint density at radius 1 is 1.25 bits per heavy atom. The summed E-state index contributed by atoms with van der Waals surface area (Å²) >= 11 is 6.47. The summed E-state index contributed by atoms with van der Waals surface area (Å²) in [6.07, 6.45) is 0. The molecule has 4 heteroatoms. The smallest absolute Gasteiger partial charge is 0.137 e. The lowest BCUT2D eigenvalue weighted by Crippen LogP contribution is -1.99. The van der Waals surface area contributed by atoms with Crippen LogP contribution >= 0.6 is 11.6 Å². The van der Waals surface area contributed by atoms with Crippen molar-refractivity contribution in [3.05, 3.63) is 66.0 Å². The predicted molar refractivity (Wildman–Crippen MR) is 99.9 cm³/mol. The van der Waals surface area contributed by atoms with Gasteiger partial charge in [0.2, 0.25) is 0 Å². The summed E-state index contributed by atoms with van der Waals surface area (Å²) in [5.41, 5.74) is 5.99. The summed E-state index contributed by atoms with van der Waals surface area (Å²) < 4.78 is 7.79. The Bertz CT molecular complexity index is 879. The van der Waals surface area contributed by atoms with Crippen LogP contribution in [0.25, 0.3) is 16.9 Å². The zero-order valence-corrected chi connectivity index (χ0v) is 15.0. The van der Waals surface area contributed by atoms with E-state index in [1.807, 2.05) is 50.2 Å². The normalized spacial score (nSPS) is 12.3. The van der Waals surface area contributed by atoms with Gasteiger partial charge in [-0.15, -0.1) is 11.6 Å². The minimum absolute atomic E-state index is 0.143. The van der Waals surface area contributed by atoms with Crippen molar-refractivity contribution in [1.82, 2.24) is 9.38 Å². The Balaban J connectivity index is 2.04. The maximum absolute atomic E-state index is 6.47. The second-order valence-electron chi connectivity index (χ2n) is 6.09. The van der Waals surface area contributed by atoms with Crippen LogP contribution < -0.4 is 4.74 Å². The molecule has 0 N–H and O–H groups in total. The molecule has 0 saturated heterocycles. The Kier molecular flexibility index (Phi) is 4.63. The number of hydrogen-bond donors (Lipinski definition) is 0. The molecule has 0 amide bonds. The first-order valence-electron chi connectivity index (χ1n) is 7.97. The highest BCUT2D eigenvalue weighted by Gasteiger charge is 2.19. The van der Waals surface area contributed by atoms with Crippen molar-refractivity contribution < 1.29 is 4.74 Å². The molecule has 3 rings (SSSR count). The van der Waals surface area contributed by atoms with Gasteiger partial charge in [0.15, 0.2) is 0 Å². The first kappa shape index (κ1) is 16.6. The van der Waals surface area contributed by atoms with Gasteiger partial charge < -0.3 is 4.74 Å². The van der Waals surface area contributed by atoms with Gasteiger partial charge in [-0.1, -0.05) is 12.6 Å². The molecule has 0 radical (unpaired) electrons. The molecule has 0 aliphatic rings. The van der Waals surface area contributed by atoms with E-state index in [2.05, 4.69) is 24.0 Å². The van der Waals surface area contributed by atoms with Gasteiger partial charge in [-0.25, -0.2) is 4.98 Å². The van der Waals surface area contributed by atoms with Gasteiger partial charge in [-0.2, -0.15) is 0 Å². The number of pyridine rings is 1. The van der Waals surface area contributed by atoms with Crippen LogP contribution in [-0.4, -0.2) is 16.0 Å². The van der Waals surface area contributed by atoms with Crippen LogP contribution in [0.3, 0.4) is 0 Å². The summed E-state index contributed by atoms with van der Waals surface area (Å²) in [7, 11) is 0. The average molecular weight is 341 g/mol. The molecule has 124 valence electrons. The number of benzene rings is 1. The molecule has 3 aromatic rings. The fourth-order valence-corrected chi connectivity index (χ4v) is 2.98. The summed E-state index contributed by atoms with van der Waals surface area (Å²) in [4.78, 5) is 4.79. The molecule has 1 aromatic carbocycles. The fourth-order valence-electron chi connectivity index (χ4n) is 2.78. The molecule has 0 spiro atoms. The topological polar surface area (TPSA) is 26.5 Å². The van der Waals surface area contributed by atoms with Crippen LogP contribution in [0.1, 0.15) is 30.6 Å². The summed E-state index contributed by atoms with van der Waals surface area (Å²) in [6, 6.07) is 14.0. The molecule has 1 unspecified atom stereocenters. The van der Waals surface area contributed by atoms with Crippen LogP contribution in [0.15, 0.2) is 54.6 Å². The highest BCUT2D eigenvalue weighted by Crippen LogP contribution is 2.33. The van der Waals surface area contributed by atoms with Crippen molar-refractivity contribution in [2.24, 2.45) is 0 Å². The van der Waals surface area contributed by atoms with E-state index in [4.69, 9.17) is 21.3 Å². The lowest BCUT2D eigenvalue weighted by molar-refractivity contribution is 0.353. The van der Waals surface area contributed by atoms with Gasteiger partial charge in [0.1, 0.15) is 18.0 Å². The lowest BCUT2D eigenvalue weighted by atomic mass is 10.1. The number of alkyl halides is 1. The van der Waals surface area contributed by atoms with E-state index in [1.165, 1.54) is 0 Å². The molecule has 24 heavy (non-hydrogen) atoms. The number of hydrogen-bond acceptors (Lipinski definition) is 2. The number of halogens is 1. The maximum atomic E-state index is 6.47. The van der Waals surface area contributed by atoms with E-state index in [1.54, 1.807) is 0 Å². The Morgan fingerprint density at radius 3 is 2.58 bits per heavy atom. The highest BCUT2D eigenvalue weighted by molar-refractivity contribution is 6.20. The fraction of sp³-hybridized carbons (Fsp3) is 0.250. The predicted octanol–water partition coefficient (Wildman–Crippen LogP) is 5.56. The van der Waals surface area contributed by atoms with Crippen molar-refractivity contribution in [2.45, 2.75) is 26.1 Å². The zero-order valence-electron chi connectivity index (χ0n) is 14.2. The number of rotatable bonds is 5. The lowest BCUT2D eigenvalue weighted by Gasteiger charge is -2.10. The van der Waals surface area contributed by atoms with Crippen LogP contribution in [0, 0.1) is 6.92 Å².